The van der Waals surface area contributed by atoms with Gasteiger partial charge in [0.25, 0.3) is 0 Å². The molecule has 40 heavy (non-hydrogen) atoms. The fourth-order valence-electron chi connectivity index (χ4n) is 5.31. The number of carboxylic acid groups (broad SMARTS) is 1. The van der Waals surface area contributed by atoms with Gasteiger partial charge in [-0.1, -0.05) is 84.9 Å². The minimum atomic E-state index is -0.885. The Bertz CT molecular complexity index is 1570. The lowest BCUT2D eigenvalue weighted by Crippen LogP contribution is -2.05. The van der Waals surface area contributed by atoms with Crippen molar-refractivity contribution in [2.75, 3.05) is 6.61 Å². The van der Waals surface area contributed by atoms with Crippen LogP contribution >= 0.6 is 0 Å². The van der Waals surface area contributed by atoms with E-state index in [-0.39, 0.29) is 5.97 Å². The number of hydrogen-bond donors (Lipinski definition) is 1. The van der Waals surface area contributed by atoms with Crippen LogP contribution in [0.2, 0.25) is 0 Å². The number of fused-ring (bicyclic) bond motifs is 2. The number of rotatable bonds is 5. The van der Waals surface area contributed by atoms with Crippen LogP contribution in [-0.2, 0) is 17.6 Å². The van der Waals surface area contributed by atoms with Gasteiger partial charge in [-0.05, 0) is 101 Å². The van der Waals surface area contributed by atoms with Crippen LogP contribution in [0.3, 0.4) is 0 Å². The number of carbonyl (C=O) groups excluding carboxylic acids is 1. The minimum absolute atomic E-state index is 0.262. The van der Waals surface area contributed by atoms with Crippen molar-refractivity contribution in [1.29, 1.82) is 0 Å². The summed E-state index contributed by atoms with van der Waals surface area (Å²) in [4.78, 5) is 22.6. The Balaban J connectivity index is 0.000000162. The summed E-state index contributed by atoms with van der Waals surface area (Å²) in [6.07, 6.45) is 8.78. The zero-order chi connectivity index (χ0) is 27.9. The average Bonchev–Trinajstić information content (AvgIpc) is 3.01. The van der Waals surface area contributed by atoms with Crippen LogP contribution in [-0.4, -0.2) is 23.7 Å². The predicted molar refractivity (Wildman–Crippen MR) is 159 cm³/mol. The summed E-state index contributed by atoms with van der Waals surface area (Å²) in [6.45, 7) is 2.22. The van der Waals surface area contributed by atoms with Gasteiger partial charge in [0.05, 0.1) is 17.7 Å². The van der Waals surface area contributed by atoms with Crippen LogP contribution < -0.4 is 0 Å². The highest BCUT2D eigenvalue weighted by molar-refractivity contribution is 5.91. The number of aromatic carboxylic acids is 1. The third kappa shape index (κ3) is 5.97. The minimum Gasteiger partial charge on any atom is -0.478 e. The number of carboxylic acids is 1. The molecule has 0 heterocycles. The van der Waals surface area contributed by atoms with Crippen molar-refractivity contribution in [1.82, 2.24) is 0 Å². The molecule has 4 aromatic carbocycles. The van der Waals surface area contributed by atoms with E-state index in [2.05, 4.69) is 54.6 Å². The third-order valence-electron chi connectivity index (χ3n) is 7.29. The molecular formula is C36H32O4. The van der Waals surface area contributed by atoms with Crippen LogP contribution in [0.15, 0.2) is 109 Å². The van der Waals surface area contributed by atoms with Crippen molar-refractivity contribution in [2.24, 2.45) is 0 Å². The highest BCUT2D eigenvalue weighted by atomic mass is 16.5. The van der Waals surface area contributed by atoms with Gasteiger partial charge < -0.3 is 9.84 Å². The molecule has 0 aromatic heterocycles. The van der Waals surface area contributed by atoms with Gasteiger partial charge in [-0.25, -0.2) is 9.59 Å². The average molecular weight is 529 g/mol. The molecule has 0 saturated heterocycles. The summed E-state index contributed by atoms with van der Waals surface area (Å²) in [6, 6.07) is 31.7. The molecule has 0 saturated carbocycles. The summed E-state index contributed by atoms with van der Waals surface area (Å²) >= 11 is 0. The number of esters is 1. The largest absolute Gasteiger partial charge is 0.478 e. The molecule has 0 unspecified atom stereocenters. The molecule has 2 aliphatic rings. The van der Waals surface area contributed by atoms with E-state index in [1.165, 1.54) is 33.4 Å². The highest BCUT2D eigenvalue weighted by Crippen LogP contribution is 2.32. The van der Waals surface area contributed by atoms with Gasteiger partial charge in [0.2, 0.25) is 0 Å². The van der Waals surface area contributed by atoms with E-state index in [9.17, 15) is 9.59 Å². The predicted octanol–water partition coefficient (Wildman–Crippen LogP) is 8.00. The van der Waals surface area contributed by atoms with Crippen LogP contribution in [0.25, 0.3) is 11.1 Å². The van der Waals surface area contributed by atoms with Crippen LogP contribution in [0, 0.1) is 0 Å². The Morgan fingerprint density at radius 2 is 1.10 bits per heavy atom. The summed E-state index contributed by atoms with van der Waals surface area (Å²) < 4.78 is 5.02. The molecule has 0 atom stereocenters. The molecule has 0 bridgehead atoms. The highest BCUT2D eigenvalue weighted by Gasteiger charge is 2.15. The van der Waals surface area contributed by atoms with Crippen molar-refractivity contribution in [3.63, 3.8) is 0 Å². The fourth-order valence-corrected chi connectivity index (χ4v) is 5.31. The van der Waals surface area contributed by atoms with Crippen LogP contribution in [0.5, 0.6) is 0 Å². The fraction of sp³-hybridized carbons (Fsp3) is 0.167. The summed E-state index contributed by atoms with van der Waals surface area (Å²) in [5.74, 6) is -1.15. The molecule has 2 aliphatic carbocycles. The van der Waals surface area contributed by atoms with Gasteiger partial charge in [0.1, 0.15) is 0 Å². The maximum absolute atomic E-state index is 11.7. The van der Waals surface area contributed by atoms with Gasteiger partial charge in [-0.3, -0.25) is 0 Å². The molecule has 0 spiro atoms. The Labute approximate surface area is 235 Å². The van der Waals surface area contributed by atoms with Gasteiger partial charge in [-0.2, -0.15) is 0 Å². The topological polar surface area (TPSA) is 63.6 Å². The number of aryl methyl sites for hydroxylation is 2. The molecule has 0 amide bonds. The first-order valence-electron chi connectivity index (χ1n) is 13.7. The Morgan fingerprint density at radius 1 is 0.650 bits per heavy atom. The maximum atomic E-state index is 11.7. The van der Waals surface area contributed by atoms with Crippen LogP contribution in [0.1, 0.15) is 73.9 Å². The zero-order valence-electron chi connectivity index (χ0n) is 22.6. The first kappa shape index (κ1) is 26.9. The lowest BCUT2D eigenvalue weighted by molar-refractivity contribution is 0.0525. The van der Waals surface area contributed by atoms with Gasteiger partial charge in [0, 0.05) is 0 Å². The molecule has 4 nitrogen and oxygen atoms in total. The van der Waals surface area contributed by atoms with Crippen LogP contribution in [0.4, 0.5) is 0 Å². The molecule has 0 aliphatic heterocycles. The monoisotopic (exact) mass is 528 g/mol. The Morgan fingerprint density at radius 3 is 1.55 bits per heavy atom. The standard InChI is InChI=1S/C19H18O2.C17H14O2/c1-2-21-19(20)16-12-10-15(11-13-16)18-9-5-7-14-6-3-4-8-17(14)18;18-17(19)14-10-8-13(9-11-14)16-7-3-5-12-4-1-2-6-15(12)16/h3-4,6,8-13H,2,5,7H2,1H3;1-2,4,6-11H,3,5H2,(H,18,19). The molecule has 1 N–H and O–H groups in total. The number of carbonyl (C=O) groups is 2. The van der Waals surface area contributed by atoms with E-state index in [0.717, 1.165) is 36.8 Å². The lowest BCUT2D eigenvalue weighted by atomic mass is 9.87. The maximum Gasteiger partial charge on any atom is 0.338 e. The number of hydrogen-bond acceptors (Lipinski definition) is 3. The van der Waals surface area contributed by atoms with Gasteiger partial charge in [0.15, 0.2) is 0 Å². The molecular weight excluding hydrogens is 496 g/mol. The van der Waals surface area contributed by atoms with Gasteiger partial charge >= 0.3 is 11.9 Å². The first-order chi connectivity index (χ1) is 19.5. The second-order valence-electron chi connectivity index (χ2n) is 9.81. The normalized spacial score (nSPS) is 13.4. The van der Waals surface area contributed by atoms with Crippen molar-refractivity contribution in [3.05, 3.63) is 154 Å². The molecule has 0 fully saturated rings. The number of benzene rings is 4. The molecule has 200 valence electrons. The summed E-state index contributed by atoms with van der Waals surface area (Å²) in [5, 5.41) is 8.93. The number of ether oxygens (including phenoxy) is 1. The van der Waals surface area contributed by atoms with E-state index >= 15 is 0 Å². The van der Waals surface area contributed by atoms with E-state index in [1.807, 2.05) is 49.4 Å². The molecule has 6 rings (SSSR count). The third-order valence-corrected chi connectivity index (χ3v) is 7.29. The smallest absolute Gasteiger partial charge is 0.338 e. The summed E-state index contributed by atoms with van der Waals surface area (Å²) in [7, 11) is 0. The quantitative estimate of drug-likeness (QED) is 0.267. The second-order valence-corrected chi connectivity index (χ2v) is 9.81. The van der Waals surface area contributed by atoms with Crippen molar-refractivity contribution < 1.29 is 19.4 Å². The summed E-state index contributed by atoms with van der Waals surface area (Å²) in [5.41, 5.74) is 10.9. The van der Waals surface area contributed by atoms with Crippen molar-refractivity contribution in [3.8, 4) is 0 Å². The molecule has 4 aromatic rings. The van der Waals surface area contributed by atoms with E-state index in [0.29, 0.717) is 17.7 Å². The van der Waals surface area contributed by atoms with E-state index < -0.39 is 5.97 Å². The second kappa shape index (κ2) is 12.4. The molecule has 0 radical (unpaired) electrons. The van der Waals surface area contributed by atoms with E-state index in [1.54, 1.807) is 12.1 Å². The zero-order valence-corrected chi connectivity index (χ0v) is 22.6. The van der Waals surface area contributed by atoms with Crippen molar-refractivity contribution in [2.45, 2.75) is 32.6 Å². The number of allylic oxidation sites excluding steroid dienone is 2. The first-order valence-corrected chi connectivity index (χ1v) is 13.7. The SMILES string of the molecule is CCOC(=O)c1ccc(C2=CCCc3ccccc32)cc1.O=C(O)c1ccc(C2=CCCc3ccccc32)cc1. The Hall–Kier alpha value is -4.70. The van der Waals surface area contributed by atoms with Gasteiger partial charge in [-0.15, -0.1) is 0 Å². The van der Waals surface area contributed by atoms with Crippen molar-refractivity contribution >= 4 is 23.1 Å². The lowest BCUT2D eigenvalue weighted by Gasteiger charge is -2.18. The Kier molecular flexibility index (Phi) is 8.36. The molecule has 4 heteroatoms. The van der Waals surface area contributed by atoms with E-state index in [4.69, 9.17) is 9.84 Å².